The standard InChI is InChI=1S/C64H109N5O52S2/c1-16(76)65-21(6-70)51(35(82)22(81)12-104-57-31(66-17(2)77)42(89)52(26(10-74)111-57)117-62-48(95)45(92)37(84)29(114-62)14-106-122(98,99)100)116-60-34(69-20(5)80)55(40(87)25(9-73)109-60)120-64-50(97)56(121-59-32(67-18(3)78)43(90)53(27(11-75)112-59)118-63-49(96)46(93)38(85)30(115-63)15-107-123(101,102)103)41(88)28(113-64)13-105-58-33(68-19(4)79)54(39(86)24(8-72)108-58)119-61-47(94)44(91)36(83)23(7-71)110-61/h21-64,70-75,81-97H,6-15H2,1-5H3,(H,65,76)(H,66,77)(H,67,78)(H,68,79)(H,69,80)(H,98,99,100)(H,101,102,103). The van der Waals surface area contributed by atoms with Gasteiger partial charge in [0.2, 0.25) is 29.5 Å². The molecule has 30 N–H and O–H groups in total. The maximum absolute atomic E-state index is 13.5. The Balaban J connectivity index is 1.13. The average Bonchev–Trinajstić information content (AvgIpc) is 0.759. The minimum absolute atomic E-state index is 0.844. The van der Waals surface area contributed by atoms with Crippen molar-refractivity contribution < 1.29 is 252 Å². The first kappa shape index (κ1) is 104. The molecule has 8 aliphatic heterocycles. The summed E-state index contributed by atoms with van der Waals surface area (Å²) < 4.78 is 166. The van der Waals surface area contributed by atoms with Crippen LogP contribution in [0.5, 0.6) is 0 Å². The molecule has 8 saturated heterocycles. The van der Waals surface area contributed by atoms with Gasteiger partial charge in [-0.15, -0.1) is 0 Å². The average molecular weight is 1840 g/mol. The van der Waals surface area contributed by atoms with E-state index in [2.05, 4.69) is 35.0 Å². The first-order valence-corrected chi connectivity index (χ1v) is 40.6. The summed E-state index contributed by atoms with van der Waals surface area (Å²) in [5.41, 5.74) is 0. The molecule has 8 heterocycles. The van der Waals surface area contributed by atoms with Crippen molar-refractivity contribution in [3.05, 3.63) is 0 Å². The maximum Gasteiger partial charge on any atom is 0.397 e. The van der Waals surface area contributed by atoms with Crippen LogP contribution >= 0.6 is 0 Å². The van der Waals surface area contributed by atoms with E-state index in [1.807, 2.05) is 0 Å². The largest absolute Gasteiger partial charge is 0.397 e. The Morgan fingerprint density at radius 3 is 1.03 bits per heavy atom. The van der Waals surface area contributed by atoms with E-state index in [4.69, 9.17) is 80.3 Å². The molecule has 44 atom stereocenters. The summed E-state index contributed by atoms with van der Waals surface area (Å²) in [6.45, 7) is -7.56. The highest BCUT2D eigenvalue weighted by molar-refractivity contribution is 7.81. The first-order valence-electron chi connectivity index (χ1n) is 37.8. The van der Waals surface area contributed by atoms with E-state index in [0.717, 1.165) is 34.6 Å². The highest BCUT2D eigenvalue weighted by Crippen LogP contribution is 2.39. The van der Waals surface area contributed by atoms with Crippen LogP contribution in [-0.4, -0.2) is 509 Å². The number of nitrogens with one attached hydrogen (secondary N) is 5. The van der Waals surface area contributed by atoms with Gasteiger partial charge in [0.05, 0.1) is 72.1 Å². The molecule has 0 radical (unpaired) electrons. The van der Waals surface area contributed by atoms with E-state index < -0.39 is 386 Å². The van der Waals surface area contributed by atoms with Gasteiger partial charge in [0.25, 0.3) is 0 Å². The van der Waals surface area contributed by atoms with Crippen molar-refractivity contribution in [1.82, 2.24) is 26.6 Å². The molecule has 5 amide bonds. The van der Waals surface area contributed by atoms with Crippen molar-refractivity contribution in [1.29, 1.82) is 0 Å². The van der Waals surface area contributed by atoms with Crippen LogP contribution < -0.4 is 26.6 Å². The SMILES string of the molecule is CC(=O)NC(CO)C(OC1OC(CO)C(O)C(OC2OC(COC3OC(CO)C(O)C(OC4OC(CO)C(O)C(O)C4O)C3NC(C)=O)C(O)C(OC3OC(CO)C(OC4OC(COS(=O)(=O)O)C(O)C(O)C4O)C(O)C3NC(C)=O)C2O)C1NC(C)=O)C(O)C(O)COC1OC(CO)C(OC2OC(COS(=O)(=O)O)C(O)C(O)C2O)C(O)C1NC(C)=O. The van der Waals surface area contributed by atoms with Gasteiger partial charge in [0.1, 0.15) is 213 Å². The van der Waals surface area contributed by atoms with E-state index in [1.165, 1.54) is 0 Å². The maximum atomic E-state index is 13.5. The summed E-state index contributed by atoms with van der Waals surface area (Å²) in [6.07, 6.45) is -85.2. The van der Waals surface area contributed by atoms with E-state index in [0.29, 0.717) is 0 Å². The molecule has 0 aliphatic carbocycles. The van der Waals surface area contributed by atoms with Gasteiger partial charge in [-0.1, -0.05) is 0 Å². The second-order valence-electron chi connectivity index (χ2n) is 29.8. The third-order valence-corrected chi connectivity index (χ3v) is 21.7. The smallest absolute Gasteiger partial charge is 0.394 e. The molecule has 714 valence electrons. The van der Waals surface area contributed by atoms with Crippen LogP contribution in [0.3, 0.4) is 0 Å². The van der Waals surface area contributed by atoms with E-state index in [9.17, 15) is 163 Å². The first-order chi connectivity index (χ1) is 57.6. The Hall–Kier alpha value is -4.47. The third-order valence-electron chi connectivity index (χ3n) is 20.8. The van der Waals surface area contributed by atoms with Crippen LogP contribution in [0.15, 0.2) is 0 Å². The number of aliphatic hydroxyl groups is 23. The number of rotatable bonds is 38. The summed E-state index contributed by atoms with van der Waals surface area (Å²) in [7, 11) is -10.5. The minimum Gasteiger partial charge on any atom is -0.394 e. The van der Waals surface area contributed by atoms with Crippen LogP contribution in [0.1, 0.15) is 34.6 Å². The van der Waals surface area contributed by atoms with Gasteiger partial charge in [0, 0.05) is 34.6 Å². The summed E-state index contributed by atoms with van der Waals surface area (Å²) in [4.78, 5) is 65.2. The van der Waals surface area contributed by atoms with Crippen molar-refractivity contribution >= 4 is 50.3 Å². The van der Waals surface area contributed by atoms with Crippen molar-refractivity contribution in [3.63, 3.8) is 0 Å². The minimum atomic E-state index is -5.27. The van der Waals surface area contributed by atoms with Crippen LogP contribution in [-0.2, 0) is 129 Å². The van der Waals surface area contributed by atoms with Crippen LogP contribution in [0.2, 0.25) is 0 Å². The van der Waals surface area contributed by atoms with Gasteiger partial charge in [-0.2, -0.15) is 16.8 Å². The van der Waals surface area contributed by atoms with Gasteiger partial charge in [-0.25, -0.2) is 8.37 Å². The van der Waals surface area contributed by atoms with E-state index >= 15 is 0 Å². The topological polar surface area (TPSA) is 886 Å². The third kappa shape index (κ3) is 26.0. The Labute approximate surface area is 696 Å². The number of carbonyl (C=O) groups excluding carboxylic acids is 5. The number of aliphatic hydroxyl groups excluding tert-OH is 23. The molecule has 0 aromatic carbocycles. The lowest BCUT2D eigenvalue weighted by Crippen LogP contribution is -2.71. The molecule has 0 saturated carbocycles. The zero-order chi connectivity index (χ0) is 91.6. The van der Waals surface area contributed by atoms with Gasteiger partial charge < -0.3 is 220 Å². The molecule has 44 unspecified atom stereocenters. The predicted molar refractivity (Wildman–Crippen MR) is 378 cm³/mol. The van der Waals surface area contributed by atoms with Crippen LogP contribution in [0, 0.1) is 0 Å². The van der Waals surface area contributed by atoms with Crippen molar-refractivity contribution in [2.75, 3.05) is 66.1 Å². The molecular formula is C64H109N5O52S2. The molecule has 8 rings (SSSR count). The Kier molecular flexibility index (Phi) is 38.3. The highest BCUT2D eigenvalue weighted by atomic mass is 32.3. The van der Waals surface area contributed by atoms with Crippen LogP contribution in [0.25, 0.3) is 0 Å². The number of hydrogen-bond acceptors (Lipinski definition) is 50. The lowest BCUT2D eigenvalue weighted by molar-refractivity contribution is -0.381. The molecule has 0 aromatic heterocycles. The van der Waals surface area contributed by atoms with Crippen molar-refractivity contribution in [3.8, 4) is 0 Å². The molecule has 59 heteroatoms. The fraction of sp³-hybridized carbons (Fsp3) is 0.922. The quantitative estimate of drug-likeness (QED) is 0.0255. The Morgan fingerprint density at radius 2 is 0.634 bits per heavy atom. The zero-order valence-corrected chi connectivity index (χ0v) is 67.1. The van der Waals surface area contributed by atoms with Crippen LogP contribution in [0.4, 0.5) is 0 Å². The fourth-order valence-corrected chi connectivity index (χ4v) is 15.3. The summed E-state index contributed by atoms with van der Waals surface area (Å²) >= 11 is 0. The van der Waals surface area contributed by atoms with Gasteiger partial charge >= 0.3 is 20.8 Å². The molecule has 8 aliphatic rings. The van der Waals surface area contributed by atoms with Gasteiger partial charge in [0.15, 0.2) is 50.3 Å². The Bertz CT molecular complexity index is 3600. The van der Waals surface area contributed by atoms with Gasteiger partial charge in [-0.05, 0) is 0 Å². The molecule has 57 nitrogen and oxygen atoms in total. The normalized spacial score (nSPS) is 43.1. The Morgan fingerprint density at radius 1 is 0.325 bits per heavy atom. The fourth-order valence-electron chi connectivity index (χ4n) is 14.7. The predicted octanol–water partition coefficient (Wildman–Crippen LogP) is -20.6. The number of ether oxygens (including phenoxy) is 16. The van der Waals surface area contributed by atoms with Crippen molar-refractivity contribution in [2.45, 2.75) is 304 Å². The molecule has 123 heavy (non-hydrogen) atoms. The highest BCUT2D eigenvalue weighted by Gasteiger charge is 2.60. The second kappa shape index (κ2) is 45.4. The van der Waals surface area contributed by atoms with E-state index in [-0.39, 0.29) is 0 Å². The molecule has 0 spiro atoms. The summed E-state index contributed by atoms with van der Waals surface area (Å²) in [5.74, 6) is -5.06. The monoisotopic (exact) mass is 1840 g/mol. The molecule has 0 aromatic rings. The lowest BCUT2D eigenvalue weighted by atomic mass is 9.93. The molecule has 0 bridgehead atoms. The summed E-state index contributed by atoms with van der Waals surface area (Å²) in [6, 6.07) is -9.98. The van der Waals surface area contributed by atoms with E-state index in [1.54, 1.807) is 0 Å². The second-order valence-corrected chi connectivity index (χ2v) is 31.9. The molecular weight excluding hydrogens is 1730 g/mol. The number of amides is 5. The number of carbonyl (C=O) groups is 5. The summed E-state index contributed by atoms with van der Waals surface area (Å²) in [5, 5.41) is 269. The van der Waals surface area contributed by atoms with Crippen molar-refractivity contribution in [2.24, 2.45) is 0 Å². The number of hydrogen-bond donors (Lipinski definition) is 30. The molecule has 8 fully saturated rings. The van der Waals surface area contributed by atoms with Gasteiger partial charge in [-0.3, -0.25) is 33.1 Å². The lowest BCUT2D eigenvalue weighted by Gasteiger charge is -2.51. The zero-order valence-electron chi connectivity index (χ0n) is 65.5.